The number of rotatable bonds is 2. The van der Waals surface area contributed by atoms with Gasteiger partial charge < -0.3 is 0 Å². The van der Waals surface area contributed by atoms with Crippen LogP contribution in [0.4, 0.5) is 0 Å². The quantitative estimate of drug-likeness (QED) is 0.465. The Balaban J connectivity index is 2.32. The van der Waals surface area contributed by atoms with E-state index in [1.807, 2.05) is 16.8 Å². The predicted octanol–water partition coefficient (Wildman–Crippen LogP) is 0.874. The smallest absolute Gasteiger partial charge is 0.0370 e. The van der Waals surface area contributed by atoms with E-state index in [0.29, 0.717) is 6.04 Å². The van der Waals surface area contributed by atoms with Crippen molar-refractivity contribution in [2.45, 2.75) is 13.0 Å². The maximum atomic E-state index is 6.59. The molecule has 0 spiro atoms. The summed E-state index contributed by atoms with van der Waals surface area (Å²) >= 11 is 1.95. The molecule has 58 valence electrons. The van der Waals surface area contributed by atoms with E-state index in [1.54, 1.807) is 0 Å². The minimum atomic E-state index is 0.493. The Morgan fingerprint density at radius 2 is 2.60 bits per heavy atom. The fraction of sp³-hybridized carbons (Fsp3) is 1.00. The number of thioether (sulfide) groups is 1. The van der Waals surface area contributed by atoms with Crippen molar-refractivity contribution in [3.05, 3.63) is 0 Å². The molecule has 1 atom stereocenters. The maximum Gasteiger partial charge on any atom is 0.0370 e. The van der Waals surface area contributed by atoms with Crippen LogP contribution in [0.25, 0.3) is 0 Å². The van der Waals surface area contributed by atoms with Crippen molar-refractivity contribution in [1.29, 1.82) is 5.53 Å². The molecule has 0 aromatic rings. The summed E-state index contributed by atoms with van der Waals surface area (Å²) in [5.41, 5.74) is 9.24. The van der Waals surface area contributed by atoms with Crippen LogP contribution in [0.2, 0.25) is 0 Å². The Bertz CT molecular complexity index is 118. The zero-order chi connectivity index (χ0) is 7.40. The van der Waals surface area contributed by atoms with Crippen molar-refractivity contribution in [2.75, 3.05) is 18.1 Å². The van der Waals surface area contributed by atoms with Gasteiger partial charge in [0.15, 0.2) is 0 Å². The van der Waals surface area contributed by atoms with Crippen LogP contribution < -0.4 is 5.53 Å². The van der Waals surface area contributed by atoms with Gasteiger partial charge in [-0.3, -0.25) is 0 Å². The topological polar surface area (TPSA) is 51.5 Å². The number of hydrogen-bond acceptors (Lipinski definition) is 4. The molecule has 5 heteroatoms. The molecule has 0 amide bonds. The second-order valence-corrected chi connectivity index (χ2v) is 3.48. The summed E-state index contributed by atoms with van der Waals surface area (Å²) in [6.07, 6.45) is 0. The van der Waals surface area contributed by atoms with E-state index in [2.05, 4.69) is 17.7 Å². The fourth-order valence-electron chi connectivity index (χ4n) is 0.940. The van der Waals surface area contributed by atoms with E-state index < -0.39 is 0 Å². The minimum absolute atomic E-state index is 0.493. The van der Waals surface area contributed by atoms with Gasteiger partial charge in [0.25, 0.3) is 0 Å². The van der Waals surface area contributed by atoms with Gasteiger partial charge in [0.05, 0.1) is 0 Å². The number of hydrogen-bond donors (Lipinski definition) is 2. The summed E-state index contributed by atoms with van der Waals surface area (Å²) < 4.78 is 0. The number of hydrazine groups is 1. The van der Waals surface area contributed by atoms with Gasteiger partial charge >= 0.3 is 0 Å². The first-order chi connectivity index (χ1) is 4.84. The molecule has 2 N–H and O–H groups in total. The van der Waals surface area contributed by atoms with Crippen LogP contribution >= 0.6 is 11.8 Å². The van der Waals surface area contributed by atoms with Gasteiger partial charge in [0.2, 0.25) is 0 Å². The van der Waals surface area contributed by atoms with E-state index in [1.165, 1.54) is 0 Å². The van der Waals surface area contributed by atoms with Gasteiger partial charge in [-0.05, 0) is 6.92 Å². The predicted molar refractivity (Wildman–Crippen MR) is 41.8 cm³/mol. The molecule has 1 unspecified atom stereocenters. The zero-order valence-corrected chi connectivity index (χ0v) is 6.82. The zero-order valence-electron chi connectivity index (χ0n) is 6.00. The Morgan fingerprint density at radius 1 is 1.80 bits per heavy atom. The van der Waals surface area contributed by atoms with Gasteiger partial charge in [-0.25, -0.2) is 10.5 Å². The summed E-state index contributed by atoms with van der Waals surface area (Å²) in [5, 5.41) is 5.12. The summed E-state index contributed by atoms with van der Waals surface area (Å²) in [4.78, 5) is 0. The highest BCUT2D eigenvalue weighted by Gasteiger charge is 2.17. The Labute approximate surface area is 64.8 Å². The molecule has 0 radical (unpaired) electrons. The van der Waals surface area contributed by atoms with Crippen molar-refractivity contribution >= 4 is 11.8 Å². The molecule has 0 aromatic carbocycles. The van der Waals surface area contributed by atoms with Crippen LogP contribution in [-0.4, -0.2) is 29.1 Å². The second kappa shape index (κ2) is 3.78. The molecule has 1 saturated heterocycles. The Kier molecular flexibility index (Phi) is 2.95. The summed E-state index contributed by atoms with van der Waals surface area (Å²) in [6.45, 7) is 3.11. The molecule has 1 fully saturated rings. The molecule has 4 nitrogen and oxygen atoms in total. The third-order valence-electron chi connectivity index (χ3n) is 1.55. The van der Waals surface area contributed by atoms with Gasteiger partial charge in [0.1, 0.15) is 0 Å². The normalized spacial score (nSPS) is 27.9. The van der Waals surface area contributed by atoms with Crippen molar-refractivity contribution in [2.24, 2.45) is 5.22 Å². The summed E-state index contributed by atoms with van der Waals surface area (Å²) in [7, 11) is 0. The van der Waals surface area contributed by atoms with Crippen molar-refractivity contribution in [3.63, 3.8) is 0 Å². The minimum Gasteiger partial charge on any atom is -0.222 e. The lowest BCUT2D eigenvalue weighted by Gasteiger charge is -2.30. The molecule has 0 aromatic heterocycles. The van der Waals surface area contributed by atoms with E-state index in [9.17, 15) is 0 Å². The highest BCUT2D eigenvalue weighted by Crippen LogP contribution is 2.13. The van der Waals surface area contributed by atoms with Crippen molar-refractivity contribution < 1.29 is 0 Å². The SMILES string of the molecule is CC1CSCCN1NN=N. The van der Waals surface area contributed by atoms with E-state index in [-0.39, 0.29) is 0 Å². The summed E-state index contributed by atoms with van der Waals surface area (Å²) in [6, 6.07) is 0.493. The highest BCUT2D eigenvalue weighted by atomic mass is 32.2. The molecule has 1 heterocycles. The molecule has 0 aliphatic carbocycles. The molecule has 10 heavy (non-hydrogen) atoms. The molecule has 0 bridgehead atoms. The largest absolute Gasteiger partial charge is 0.222 e. The third-order valence-corrected chi connectivity index (χ3v) is 2.74. The lowest BCUT2D eigenvalue weighted by atomic mass is 10.4. The monoisotopic (exact) mass is 160 g/mol. The van der Waals surface area contributed by atoms with Crippen LogP contribution in [0.5, 0.6) is 0 Å². The van der Waals surface area contributed by atoms with Crippen LogP contribution in [0.15, 0.2) is 5.22 Å². The molecule has 1 rings (SSSR count). The number of nitrogens with zero attached hydrogens (tertiary/aromatic N) is 2. The molecular formula is C5H12N4S. The van der Waals surface area contributed by atoms with Gasteiger partial charge in [-0.15, -0.1) is 0 Å². The van der Waals surface area contributed by atoms with E-state index in [4.69, 9.17) is 5.53 Å². The first kappa shape index (κ1) is 7.81. The third kappa shape index (κ3) is 1.85. The summed E-state index contributed by atoms with van der Waals surface area (Å²) in [5.74, 6) is 2.26. The van der Waals surface area contributed by atoms with Crippen molar-refractivity contribution in [3.8, 4) is 0 Å². The first-order valence-corrected chi connectivity index (χ1v) is 4.46. The molecule has 1 aliphatic rings. The van der Waals surface area contributed by atoms with Crippen molar-refractivity contribution in [1.82, 2.24) is 10.5 Å². The van der Waals surface area contributed by atoms with Crippen LogP contribution in [-0.2, 0) is 0 Å². The Morgan fingerprint density at radius 3 is 3.20 bits per heavy atom. The second-order valence-electron chi connectivity index (χ2n) is 2.33. The average Bonchev–Trinajstić information content (AvgIpc) is 1.94. The molecular weight excluding hydrogens is 148 g/mol. The fourth-order valence-corrected chi connectivity index (χ4v) is 1.95. The number of nitrogens with one attached hydrogen (secondary N) is 2. The highest BCUT2D eigenvalue weighted by molar-refractivity contribution is 7.99. The lowest BCUT2D eigenvalue weighted by Crippen LogP contribution is -2.46. The van der Waals surface area contributed by atoms with Gasteiger partial charge in [0, 0.05) is 24.1 Å². The molecule has 0 saturated carbocycles. The van der Waals surface area contributed by atoms with Crippen LogP contribution in [0.3, 0.4) is 0 Å². The van der Waals surface area contributed by atoms with E-state index >= 15 is 0 Å². The standard InChI is InChI=1S/C5H12N4S/c1-5-4-10-3-2-9(5)8-7-6/h5H,2-4H2,1H3,(H2,6,8). The van der Waals surface area contributed by atoms with Crippen LogP contribution in [0, 0.1) is 5.53 Å². The van der Waals surface area contributed by atoms with E-state index in [0.717, 1.165) is 18.1 Å². The molecule has 1 aliphatic heterocycles. The lowest BCUT2D eigenvalue weighted by molar-refractivity contribution is 0.147. The maximum absolute atomic E-state index is 6.59. The first-order valence-electron chi connectivity index (χ1n) is 3.31. The average molecular weight is 160 g/mol. The van der Waals surface area contributed by atoms with Gasteiger partial charge in [-0.1, -0.05) is 5.22 Å². The van der Waals surface area contributed by atoms with Crippen LogP contribution in [0.1, 0.15) is 6.92 Å². The Hall–Kier alpha value is -0.290. The van der Waals surface area contributed by atoms with Gasteiger partial charge in [-0.2, -0.15) is 17.3 Å².